The molecule has 31 heavy (non-hydrogen) atoms. The van der Waals surface area contributed by atoms with Crippen LogP contribution >= 0.6 is 0 Å². The van der Waals surface area contributed by atoms with Gasteiger partial charge >= 0.3 is 6.03 Å². The molecule has 3 N–H and O–H groups in total. The Bertz CT molecular complexity index is 1070. The van der Waals surface area contributed by atoms with Crippen LogP contribution in [0.3, 0.4) is 0 Å². The van der Waals surface area contributed by atoms with Crippen LogP contribution < -0.4 is 16.0 Å². The number of rotatable bonds is 6. The average molecular weight is 421 g/mol. The topological polar surface area (TPSA) is 96.3 Å². The van der Waals surface area contributed by atoms with E-state index in [-0.39, 0.29) is 17.9 Å². The van der Waals surface area contributed by atoms with Crippen LogP contribution in [0.2, 0.25) is 0 Å². The van der Waals surface area contributed by atoms with Crippen LogP contribution in [0.4, 0.5) is 10.5 Å². The zero-order valence-electron chi connectivity index (χ0n) is 17.9. The predicted octanol–water partition coefficient (Wildman–Crippen LogP) is 4.70. The lowest BCUT2D eigenvalue weighted by molar-refractivity contribution is -0.121. The first-order chi connectivity index (χ1) is 14.9. The van der Waals surface area contributed by atoms with E-state index in [0.29, 0.717) is 42.1 Å². The molecular formula is C24H28N4O3. The molecule has 7 nitrogen and oxygen atoms in total. The Morgan fingerprint density at radius 1 is 1.10 bits per heavy atom. The van der Waals surface area contributed by atoms with E-state index in [9.17, 15) is 9.59 Å². The average Bonchev–Trinajstić information content (AvgIpc) is 3.40. The van der Waals surface area contributed by atoms with Gasteiger partial charge in [-0.2, -0.15) is 0 Å². The SMILES string of the molecule is CC(C)c1nc2cc(NC(=O)C3(NC(=O)NCc4ccccc4)CCCC3)ccc2o1. The number of oxazole rings is 1. The third kappa shape index (κ3) is 4.71. The molecule has 0 spiro atoms. The summed E-state index contributed by atoms with van der Waals surface area (Å²) in [5, 5.41) is 8.77. The molecule has 1 heterocycles. The fourth-order valence-corrected chi connectivity index (χ4v) is 3.95. The molecule has 1 fully saturated rings. The van der Waals surface area contributed by atoms with Crippen LogP contribution in [-0.4, -0.2) is 22.5 Å². The van der Waals surface area contributed by atoms with Gasteiger partial charge in [-0.25, -0.2) is 9.78 Å². The van der Waals surface area contributed by atoms with Crippen molar-refractivity contribution < 1.29 is 14.0 Å². The van der Waals surface area contributed by atoms with Crippen molar-refractivity contribution in [1.29, 1.82) is 0 Å². The van der Waals surface area contributed by atoms with E-state index in [2.05, 4.69) is 20.9 Å². The summed E-state index contributed by atoms with van der Waals surface area (Å²) < 4.78 is 5.74. The number of nitrogens with one attached hydrogen (secondary N) is 3. The lowest BCUT2D eigenvalue weighted by atomic mass is 9.96. The Morgan fingerprint density at radius 2 is 1.84 bits per heavy atom. The summed E-state index contributed by atoms with van der Waals surface area (Å²) >= 11 is 0. The highest BCUT2D eigenvalue weighted by atomic mass is 16.3. The smallest absolute Gasteiger partial charge is 0.315 e. The second-order valence-corrected chi connectivity index (χ2v) is 8.43. The molecule has 1 aliphatic carbocycles. The molecule has 0 radical (unpaired) electrons. The molecule has 2 aromatic carbocycles. The Balaban J connectivity index is 1.44. The second-order valence-electron chi connectivity index (χ2n) is 8.43. The van der Waals surface area contributed by atoms with Crippen molar-refractivity contribution in [3.8, 4) is 0 Å². The molecule has 0 saturated heterocycles. The number of anilines is 1. The van der Waals surface area contributed by atoms with Gasteiger partial charge in [0.2, 0.25) is 5.91 Å². The molecule has 3 amide bonds. The highest BCUT2D eigenvalue weighted by molar-refractivity contribution is 6.01. The fourth-order valence-electron chi connectivity index (χ4n) is 3.95. The molecule has 3 aromatic rings. The Kier molecular flexibility index (Phi) is 5.93. The first-order valence-corrected chi connectivity index (χ1v) is 10.8. The summed E-state index contributed by atoms with van der Waals surface area (Å²) in [7, 11) is 0. The summed E-state index contributed by atoms with van der Waals surface area (Å²) in [6.07, 6.45) is 3.02. The summed E-state index contributed by atoms with van der Waals surface area (Å²) in [5.41, 5.74) is 2.12. The van der Waals surface area contributed by atoms with Crippen molar-refractivity contribution in [1.82, 2.24) is 15.6 Å². The zero-order chi connectivity index (χ0) is 21.8. The molecule has 1 aliphatic rings. The normalized spacial score (nSPS) is 15.2. The molecule has 162 valence electrons. The molecule has 0 atom stereocenters. The van der Waals surface area contributed by atoms with Gasteiger partial charge in [-0.05, 0) is 36.6 Å². The minimum Gasteiger partial charge on any atom is -0.440 e. The molecule has 7 heteroatoms. The molecular weight excluding hydrogens is 392 g/mol. The Hall–Kier alpha value is -3.35. The summed E-state index contributed by atoms with van der Waals surface area (Å²) in [6, 6.07) is 14.8. The van der Waals surface area contributed by atoms with Gasteiger partial charge in [0.25, 0.3) is 0 Å². The van der Waals surface area contributed by atoms with Gasteiger partial charge in [-0.15, -0.1) is 0 Å². The largest absolute Gasteiger partial charge is 0.440 e. The van der Waals surface area contributed by atoms with Crippen LogP contribution in [0, 0.1) is 0 Å². The van der Waals surface area contributed by atoms with E-state index < -0.39 is 5.54 Å². The number of nitrogens with zero attached hydrogens (tertiary/aromatic N) is 1. The molecule has 0 unspecified atom stereocenters. The van der Waals surface area contributed by atoms with E-state index in [4.69, 9.17) is 4.42 Å². The lowest BCUT2D eigenvalue weighted by Crippen LogP contribution is -2.57. The number of benzene rings is 2. The number of amides is 3. The van der Waals surface area contributed by atoms with Gasteiger partial charge in [-0.3, -0.25) is 4.79 Å². The fraction of sp³-hybridized carbons (Fsp3) is 0.375. The van der Waals surface area contributed by atoms with E-state index in [1.54, 1.807) is 12.1 Å². The Morgan fingerprint density at radius 3 is 2.55 bits per heavy atom. The predicted molar refractivity (Wildman–Crippen MR) is 120 cm³/mol. The number of aromatic nitrogens is 1. The first-order valence-electron chi connectivity index (χ1n) is 10.8. The maximum atomic E-state index is 13.2. The standard InChI is InChI=1S/C24H28N4O3/c1-16(2)21-27-19-14-18(10-11-20(19)31-21)26-22(29)24(12-6-7-13-24)28-23(30)25-15-17-8-4-3-5-9-17/h3-5,8-11,14,16H,6-7,12-13,15H2,1-2H3,(H,26,29)(H2,25,28,30). The van der Waals surface area contributed by atoms with E-state index in [0.717, 1.165) is 18.4 Å². The maximum absolute atomic E-state index is 13.2. The minimum absolute atomic E-state index is 0.186. The van der Waals surface area contributed by atoms with Gasteiger partial charge < -0.3 is 20.4 Å². The van der Waals surface area contributed by atoms with Crippen molar-refractivity contribution in [2.45, 2.75) is 57.5 Å². The summed E-state index contributed by atoms with van der Waals surface area (Å²) in [5.74, 6) is 0.653. The maximum Gasteiger partial charge on any atom is 0.315 e. The minimum atomic E-state index is -0.914. The van der Waals surface area contributed by atoms with Crippen molar-refractivity contribution in [3.63, 3.8) is 0 Å². The molecule has 0 bridgehead atoms. The molecule has 0 aliphatic heterocycles. The second kappa shape index (κ2) is 8.79. The highest BCUT2D eigenvalue weighted by Crippen LogP contribution is 2.31. The number of carbonyl (C=O) groups is 2. The number of urea groups is 1. The van der Waals surface area contributed by atoms with E-state index in [1.807, 2.05) is 50.2 Å². The number of hydrogen-bond acceptors (Lipinski definition) is 4. The Labute approximate surface area is 181 Å². The van der Waals surface area contributed by atoms with Gasteiger partial charge in [-0.1, -0.05) is 57.0 Å². The first kappa shape index (κ1) is 20.9. The highest BCUT2D eigenvalue weighted by Gasteiger charge is 2.42. The van der Waals surface area contributed by atoms with Gasteiger partial charge in [0, 0.05) is 18.2 Å². The van der Waals surface area contributed by atoms with Crippen LogP contribution in [0.5, 0.6) is 0 Å². The summed E-state index contributed by atoms with van der Waals surface area (Å²) in [6.45, 7) is 4.45. The van der Waals surface area contributed by atoms with Crippen molar-refractivity contribution in [3.05, 3.63) is 60.0 Å². The van der Waals surface area contributed by atoms with E-state index >= 15 is 0 Å². The lowest BCUT2D eigenvalue weighted by Gasteiger charge is -2.29. The van der Waals surface area contributed by atoms with Crippen LogP contribution in [0.1, 0.15) is 56.9 Å². The van der Waals surface area contributed by atoms with Crippen molar-refractivity contribution >= 4 is 28.7 Å². The number of fused-ring (bicyclic) bond motifs is 1. The third-order valence-corrected chi connectivity index (χ3v) is 5.70. The van der Waals surface area contributed by atoms with Crippen LogP contribution in [0.15, 0.2) is 52.9 Å². The molecule has 1 saturated carbocycles. The van der Waals surface area contributed by atoms with Gasteiger partial charge in [0.1, 0.15) is 11.1 Å². The third-order valence-electron chi connectivity index (χ3n) is 5.70. The van der Waals surface area contributed by atoms with Crippen LogP contribution in [0.25, 0.3) is 11.1 Å². The zero-order valence-corrected chi connectivity index (χ0v) is 17.9. The number of hydrogen-bond donors (Lipinski definition) is 3. The van der Waals surface area contributed by atoms with Gasteiger partial charge in [0.05, 0.1) is 0 Å². The van der Waals surface area contributed by atoms with Crippen molar-refractivity contribution in [2.75, 3.05) is 5.32 Å². The van der Waals surface area contributed by atoms with Crippen molar-refractivity contribution in [2.24, 2.45) is 0 Å². The van der Waals surface area contributed by atoms with Gasteiger partial charge in [0.15, 0.2) is 11.5 Å². The molecule has 4 rings (SSSR count). The summed E-state index contributed by atoms with van der Waals surface area (Å²) in [4.78, 5) is 30.2. The monoisotopic (exact) mass is 420 g/mol. The molecule has 1 aromatic heterocycles. The van der Waals surface area contributed by atoms with Crippen LogP contribution in [-0.2, 0) is 11.3 Å². The number of carbonyl (C=O) groups excluding carboxylic acids is 2. The quantitative estimate of drug-likeness (QED) is 0.538. The van der Waals surface area contributed by atoms with E-state index in [1.165, 1.54) is 0 Å².